The number of amides is 2. The molecule has 0 spiro atoms. The molecule has 0 bridgehead atoms. The third-order valence-electron chi connectivity index (χ3n) is 4.53. The van der Waals surface area contributed by atoms with E-state index in [1.165, 1.54) is 15.6 Å². The molecule has 7 heteroatoms. The Morgan fingerprint density at radius 2 is 2.00 bits per heavy atom. The number of rotatable bonds is 2. The Morgan fingerprint density at radius 1 is 1.28 bits per heavy atom. The minimum absolute atomic E-state index is 0.213. The van der Waals surface area contributed by atoms with Crippen LogP contribution in [0.2, 0.25) is 0 Å². The molecule has 2 amide bonds. The van der Waals surface area contributed by atoms with Gasteiger partial charge in [0.05, 0.1) is 5.69 Å². The van der Waals surface area contributed by atoms with Crippen molar-refractivity contribution in [2.24, 2.45) is 0 Å². The molecule has 1 aromatic carbocycles. The van der Waals surface area contributed by atoms with Crippen molar-refractivity contribution < 1.29 is 14.0 Å². The van der Waals surface area contributed by atoms with Crippen LogP contribution in [-0.4, -0.2) is 45.1 Å². The number of carbonyl (C=O) groups is 2. The van der Waals surface area contributed by atoms with E-state index in [9.17, 15) is 14.0 Å². The summed E-state index contributed by atoms with van der Waals surface area (Å²) < 4.78 is 16.1. The van der Waals surface area contributed by atoms with Gasteiger partial charge in [0.15, 0.2) is 0 Å². The lowest BCUT2D eigenvalue weighted by atomic mass is 9.97. The highest BCUT2D eigenvalue weighted by molar-refractivity contribution is 5.99. The summed E-state index contributed by atoms with van der Waals surface area (Å²) in [4.78, 5) is 26.3. The van der Waals surface area contributed by atoms with E-state index in [1.54, 1.807) is 26.0 Å². The van der Waals surface area contributed by atoms with Crippen LogP contribution in [0.1, 0.15) is 35.6 Å². The number of aryl methyl sites for hydroxylation is 2. The van der Waals surface area contributed by atoms with Gasteiger partial charge in [-0.25, -0.2) is 9.07 Å². The molecule has 0 atom stereocenters. The summed E-state index contributed by atoms with van der Waals surface area (Å²) in [7, 11) is 0. The summed E-state index contributed by atoms with van der Waals surface area (Å²) in [6.45, 7) is 7.81. The van der Waals surface area contributed by atoms with E-state index in [4.69, 9.17) is 0 Å². The topological polar surface area (TPSA) is 67.2 Å². The fourth-order valence-electron chi connectivity index (χ4n) is 3.10. The average Bonchev–Trinajstić information content (AvgIpc) is 2.87. The van der Waals surface area contributed by atoms with Crippen LogP contribution in [0.25, 0.3) is 5.69 Å². The third kappa shape index (κ3) is 2.90. The summed E-state index contributed by atoms with van der Waals surface area (Å²) in [5.41, 5.74) is 1.13. The first-order chi connectivity index (χ1) is 11.7. The van der Waals surface area contributed by atoms with Crippen LogP contribution in [0.3, 0.4) is 0 Å². The molecule has 3 rings (SSSR count). The predicted octanol–water partition coefficient (Wildman–Crippen LogP) is 1.98. The zero-order chi connectivity index (χ0) is 18.4. The Bertz CT molecular complexity index is 857. The van der Waals surface area contributed by atoms with Gasteiger partial charge in [0.1, 0.15) is 17.0 Å². The standard InChI is InChI=1S/C18H21FN4O2/c1-11-9-12(2)23(21-11)15-6-5-13(10-14(15)19)16(24)22-8-7-20-17(25)18(22,3)4/h5-6,9-10H,7-8H2,1-4H3,(H,20,25). The van der Waals surface area contributed by atoms with E-state index >= 15 is 0 Å². The quantitative estimate of drug-likeness (QED) is 0.906. The maximum atomic E-state index is 14.6. The average molecular weight is 344 g/mol. The van der Waals surface area contributed by atoms with Crippen molar-refractivity contribution >= 4 is 11.8 Å². The molecule has 2 aromatic rings. The van der Waals surface area contributed by atoms with E-state index in [0.717, 1.165) is 11.4 Å². The van der Waals surface area contributed by atoms with Gasteiger partial charge >= 0.3 is 0 Å². The van der Waals surface area contributed by atoms with Crippen molar-refractivity contribution in [1.29, 1.82) is 0 Å². The van der Waals surface area contributed by atoms with Gasteiger partial charge < -0.3 is 10.2 Å². The lowest BCUT2D eigenvalue weighted by molar-refractivity contribution is -0.133. The number of hydrogen-bond acceptors (Lipinski definition) is 3. The SMILES string of the molecule is Cc1cc(C)n(-c2ccc(C(=O)N3CCNC(=O)C3(C)C)cc2F)n1. The van der Waals surface area contributed by atoms with Crippen molar-refractivity contribution in [3.63, 3.8) is 0 Å². The van der Waals surface area contributed by atoms with Crippen molar-refractivity contribution in [2.45, 2.75) is 33.2 Å². The van der Waals surface area contributed by atoms with Gasteiger partial charge in [0, 0.05) is 24.3 Å². The second-order valence-corrected chi connectivity index (χ2v) is 6.78. The van der Waals surface area contributed by atoms with Gasteiger partial charge in [-0.3, -0.25) is 9.59 Å². The molecule has 6 nitrogen and oxygen atoms in total. The van der Waals surface area contributed by atoms with Gasteiger partial charge in [-0.05, 0) is 52.0 Å². The monoisotopic (exact) mass is 344 g/mol. The van der Waals surface area contributed by atoms with Crippen LogP contribution in [0, 0.1) is 19.7 Å². The number of piperazine rings is 1. The Balaban J connectivity index is 1.94. The molecule has 1 fully saturated rings. The van der Waals surface area contributed by atoms with Gasteiger partial charge in [0.25, 0.3) is 5.91 Å². The largest absolute Gasteiger partial charge is 0.352 e. The van der Waals surface area contributed by atoms with E-state index < -0.39 is 11.4 Å². The highest BCUT2D eigenvalue weighted by atomic mass is 19.1. The lowest BCUT2D eigenvalue weighted by Gasteiger charge is -2.41. The molecular weight excluding hydrogens is 323 g/mol. The fourth-order valence-corrected chi connectivity index (χ4v) is 3.10. The van der Waals surface area contributed by atoms with Crippen LogP contribution >= 0.6 is 0 Å². The number of carbonyl (C=O) groups excluding carboxylic acids is 2. The highest BCUT2D eigenvalue weighted by Gasteiger charge is 2.40. The van der Waals surface area contributed by atoms with E-state index in [-0.39, 0.29) is 23.1 Å². The summed E-state index contributed by atoms with van der Waals surface area (Å²) in [6.07, 6.45) is 0. The molecule has 0 saturated carbocycles. The lowest BCUT2D eigenvalue weighted by Crippen LogP contribution is -2.63. The van der Waals surface area contributed by atoms with Crippen LogP contribution in [0.15, 0.2) is 24.3 Å². The molecular formula is C18H21FN4O2. The first-order valence-electron chi connectivity index (χ1n) is 8.15. The normalized spacial score (nSPS) is 16.7. The number of halogens is 1. The van der Waals surface area contributed by atoms with Crippen molar-refractivity contribution in [3.8, 4) is 5.69 Å². The van der Waals surface area contributed by atoms with Gasteiger partial charge in [-0.15, -0.1) is 0 Å². The van der Waals surface area contributed by atoms with Crippen molar-refractivity contribution in [3.05, 3.63) is 47.0 Å². The van der Waals surface area contributed by atoms with Gasteiger partial charge in [-0.2, -0.15) is 5.10 Å². The predicted molar refractivity (Wildman–Crippen MR) is 91.1 cm³/mol. The summed E-state index contributed by atoms with van der Waals surface area (Å²) in [5, 5.41) is 7.01. The number of nitrogens with one attached hydrogen (secondary N) is 1. The maximum absolute atomic E-state index is 14.6. The highest BCUT2D eigenvalue weighted by Crippen LogP contribution is 2.23. The number of aromatic nitrogens is 2. The summed E-state index contributed by atoms with van der Waals surface area (Å²) >= 11 is 0. The zero-order valence-corrected chi connectivity index (χ0v) is 14.8. The van der Waals surface area contributed by atoms with Crippen LogP contribution < -0.4 is 5.32 Å². The van der Waals surface area contributed by atoms with Crippen LogP contribution in [0.5, 0.6) is 0 Å². The summed E-state index contributed by atoms with van der Waals surface area (Å²) in [5.74, 6) is -1.11. The molecule has 25 heavy (non-hydrogen) atoms. The number of hydrogen-bond donors (Lipinski definition) is 1. The first-order valence-corrected chi connectivity index (χ1v) is 8.15. The minimum atomic E-state index is -0.972. The Labute approximate surface area is 145 Å². The van der Waals surface area contributed by atoms with Crippen LogP contribution in [0.4, 0.5) is 4.39 Å². The summed E-state index contributed by atoms with van der Waals surface area (Å²) in [6, 6.07) is 6.17. The molecule has 0 unspecified atom stereocenters. The molecule has 1 saturated heterocycles. The molecule has 0 aliphatic carbocycles. The molecule has 1 aromatic heterocycles. The van der Waals surface area contributed by atoms with Crippen molar-refractivity contribution in [2.75, 3.05) is 13.1 Å². The molecule has 132 valence electrons. The number of nitrogens with zero attached hydrogens (tertiary/aromatic N) is 3. The first kappa shape index (κ1) is 17.1. The van der Waals surface area contributed by atoms with Crippen molar-refractivity contribution in [1.82, 2.24) is 20.0 Å². The zero-order valence-electron chi connectivity index (χ0n) is 14.8. The molecule has 0 radical (unpaired) electrons. The smallest absolute Gasteiger partial charge is 0.254 e. The second kappa shape index (κ2) is 5.98. The molecule has 1 aliphatic rings. The Morgan fingerprint density at radius 3 is 2.60 bits per heavy atom. The fraction of sp³-hybridized carbons (Fsp3) is 0.389. The maximum Gasteiger partial charge on any atom is 0.254 e. The van der Waals surface area contributed by atoms with E-state index in [2.05, 4.69) is 10.4 Å². The molecule has 2 heterocycles. The minimum Gasteiger partial charge on any atom is -0.352 e. The second-order valence-electron chi connectivity index (χ2n) is 6.78. The Hall–Kier alpha value is -2.70. The third-order valence-corrected chi connectivity index (χ3v) is 4.53. The Kier molecular flexibility index (Phi) is 4.10. The van der Waals surface area contributed by atoms with E-state index in [1.807, 2.05) is 19.9 Å². The van der Waals surface area contributed by atoms with Gasteiger partial charge in [0.2, 0.25) is 5.91 Å². The molecule has 1 N–H and O–H groups in total. The van der Waals surface area contributed by atoms with Gasteiger partial charge in [-0.1, -0.05) is 0 Å². The van der Waals surface area contributed by atoms with E-state index in [0.29, 0.717) is 13.1 Å². The number of benzene rings is 1. The molecule has 1 aliphatic heterocycles. The van der Waals surface area contributed by atoms with Crippen LogP contribution in [-0.2, 0) is 4.79 Å².